The Morgan fingerprint density at radius 3 is 2.74 bits per heavy atom. The van der Waals surface area contributed by atoms with Crippen LogP contribution < -0.4 is 5.32 Å². The molecule has 1 heterocycles. The van der Waals surface area contributed by atoms with E-state index in [-0.39, 0.29) is 23.3 Å². The Hall–Kier alpha value is -2.65. The number of pyridine rings is 1. The summed E-state index contributed by atoms with van der Waals surface area (Å²) >= 11 is 0. The van der Waals surface area contributed by atoms with Crippen LogP contribution in [0.25, 0.3) is 0 Å². The van der Waals surface area contributed by atoms with Gasteiger partial charge in [-0.15, -0.1) is 6.42 Å². The molecule has 4 aliphatic carbocycles. The number of nitrogens with one attached hydrogen (secondary N) is 1. The highest BCUT2D eigenvalue weighted by Gasteiger charge is 2.63. The minimum Gasteiger partial charge on any atom is -0.385 e. The van der Waals surface area contributed by atoms with Crippen molar-refractivity contribution >= 4 is 11.6 Å². The number of nitrogens with zero attached hydrogens (tertiary/aromatic N) is 2. The molecule has 0 spiro atoms. The van der Waals surface area contributed by atoms with Crippen molar-refractivity contribution in [2.45, 2.75) is 77.4 Å². The van der Waals surface area contributed by atoms with Gasteiger partial charge in [-0.2, -0.15) is 0 Å². The van der Waals surface area contributed by atoms with Gasteiger partial charge in [-0.1, -0.05) is 30.5 Å². The Labute approximate surface area is 208 Å². The van der Waals surface area contributed by atoms with Gasteiger partial charge >= 0.3 is 0 Å². The lowest BCUT2D eigenvalue weighted by atomic mass is 9.46. The molecule has 186 valence electrons. The number of terminal acetylenes is 1. The first-order valence-corrected chi connectivity index (χ1v) is 13.0. The highest BCUT2D eigenvalue weighted by atomic mass is 16.6. The summed E-state index contributed by atoms with van der Waals surface area (Å²) in [4.78, 5) is 21.5. The Morgan fingerprint density at radius 2 is 1.97 bits per heavy atom. The van der Waals surface area contributed by atoms with E-state index in [9.17, 15) is 9.90 Å². The smallest absolute Gasteiger partial charge is 0.261 e. The largest absolute Gasteiger partial charge is 0.385 e. The van der Waals surface area contributed by atoms with Crippen molar-refractivity contribution in [1.29, 1.82) is 0 Å². The van der Waals surface area contributed by atoms with Crippen molar-refractivity contribution in [2.75, 3.05) is 6.61 Å². The highest BCUT2D eigenvalue weighted by molar-refractivity contribution is 5.96. The van der Waals surface area contributed by atoms with Crippen LogP contribution in [-0.2, 0) is 16.2 Å². The Kier molecular flexibility index (Phi) is 6.25. The first kappa shape index (κ1) is 24.1. The predicted octanol–water partition coefficient (Wildman–Crippen LogP) is 4.40. The van der Waals surface area contributed by atoms with Crippen LogP contribution in [0.2, 0.25) is 0 Å². The van der Waals surface area contributed by atoms with Gasteiger partial charge in [0.2, 0.25) is 0 Å². The maximum atomic E-state index is 12.1. The van der Waals surface area contributed by atoms with E-state index in [2.05, 4.69) is 41.3 Å². The minimum absolute atomic E-state index is 0.0852. The molecule has 3 fully saturated rings. The second-order valence-electron chi connectivity index (χ2n) is 11.5. The van der Waals surface area contributed by atoms with E-state index >= 15 is 0 Å². The number of fused-ring (bicyclic) bond motifs is 5. The standard InChI is InChI=1S/C29H37N3O3/c1-4-29(34)14-9-25-23-6-5-21-17-22(7-12-27(21,2)24(23)8-13-28(25,29)3)32-35-19-26(33)31-18-20-10-15-30-16-11-20/h1,10-11,15-17,23-25,34H,5-9,12-14,18-19H2,2-3H3,(H,31,33)/t23-,24-,25-,27+,28+,29-/m1/s1. The van der Waals surface area contributed by atoms with Crippen molar-refractivity contribution in [3.63, 3.8) is 0 Å². The van der Waals surface area contributed by atoms with Gasteiger partial charge < -0.3 is 15.3 Å². The summed E-state index contributed by atoms with van der Waals surface area (Å²) in [6.07, 6.45) is 19.5. The lowest BCUT2D eigenvalue weighted by molar-refractivity contribution is -0.125. The zero-order chi connectivity index (χ0) is 24.7. The molecule has 0 aliphatic heterocycles. The molecule has 1 aromatic rings. The minimum atomic E-state index is -0.950. The maximum Gasteiger partial charge on any atom is 0.261 e. The molecule has 0 unspecified atom stereocenters. The van der Waals surface area contributed by atoms with Crippen LogP contribution in [0.4, 0.5) is 0 Å². The number of amides is 1. The van der Waals surface area contributed by atoms with E-state index in [1.165, 1.54) is 5.57 Å². The molecule has 1 aromatic heterocycles. The van der Waals surface area contributed by atoms with E-state index in [0.717, 1.165) is 62.6 Å². The van der Waals surface area contributed by atoms with E-state index < -0.39 is 5.60 Å². The first-order chi connectivity index (χ1) is 16.8. The molecular formula is C29H37N3O3. The Balaban J connectivity index is 1.21. The molecular weight excluding hydrogens is 438 g/mol. The fraction of sp³-hybridized carbons (Fsp3) is 0.621. The van der Waals surface area contributed by atoms with E-state index in [1.54, 1.807) is 12.4 Å². The number of carbonyl (C=O) groups is 1. The molecule has 0 saturated heterocycles. The number of hydrogen-bond acceptors (Lipinski definition) is 5. The molecule has 6 heteroatoms. The summed E-state index contributed by atoms with van der Waals surface area (Å²) < 4.78 is 0. The first-order valence-electron chi connectivity index (χ1n) is 13.0. The normalized spacial score (nSPS) is 39.0. The van der Waals surface area contributed by atoms with Gasteiger partial charge in [0.1, 0.15) is 5.60 Å². The van der Waals surface area contributed by atoms with Crippen molar-refractivity contribution in [2.24, 2.45) is 33.7 Å². The number of carbonyl (C=O) groups excluding carboxylic acids is 1. The molecule has 0 aromatic carbocycles. The van der Waals surface area contributed by atoms with Gasteiger partial charge in [-0.25, -0.2) is 0 Å². The molecule has 0 radical (unpaired) electrons. The molecule has 35 heavy (non-hydrogen) atoms. The van der Waals surface area contributed by atoms with Crippen molar-refractivity contribution in [3.05, 3.63) is 41.7 Å². The fourth-order valence-electron chi connectivity index (χ4n) is 7.82. The van der Waals surface area contributed by atoms with E-state index in [0.29, 0.717) is 24.3 Å². The van der Waals surface area contributed by atoms with Crippen LogP contribution in [0.3, 0.4) is 0 Å². The number of aliphatic hydroxyl groups is 1. The Morgan fingerprint density at radius 1 is 1.20 bits per heavy atom. The monoisotopic (exact) mass is 475 g/mol. The summed E-state index contributed by atoms with van der Waals surface area (Å²) in [6.45, 7) is 5.04. The number of oxime groups is 1. The predicted molar refractivity (Wildman–Crippen MR) is 135 cm³/mol. The van der Waals surface area contributed by atoms with Gasteiger partial charge in [0.25, 0.3) is 5.91 Å². The fourth-order valence-corrected chi connectivity index (χ4v) is 7.82. The van der Waals surface area contributed by atoms with Crippen LogP contribution in [-0.4, -0.2) is 33.9 Å². The number of rotatable bonds is 5. The third-order valence-corrected chi connectivity index (χ3v) is 9.98. The zero-order valence-corrected chi connectivity index (χ0v) is 20.9. The summed E-state index contributed by atoms with van der Waals surface area (Å²) in [6, 6.07) is 3.74. The summed E-state index contributed by atoms with van der Waals surface area (Å²) in [5, 5.41) is 18.3. The SMILES string of the molecule is C#C[C@@]1(O)CC[C@@H]2[C@@H]3CCC4=CC(=NOCC(=O)NCc5ccncc5)CC[C@]4(C)[C@@H]3CC[C@@]21C. The second-order valence-corrected chi connectivity index (χ2v) is 11.5. The molecule has 5 rings (SSSR count). The number of aromatic nitrogens is 1. The van der Waals surface area contributed by atoms with Gasteiger partial charge in [-0.05, 0) is 98.3 Å². The van der Waals surface area contributed by atoms with Crippen molar-refractivity contribution < 1.29 is 14.7 Å². The van der Waals surface area contributed by atoms with Gasteiger partial charge in [0.15, 0.2) is 6.61 Å². The molecule has 4 aliphatic rings. The quantitative estimate of drug-likeness (QED) is 0.488. The van der Waals surface area contributed by atoms with Gasteiger partial charge in [0.05, 0.1) is 5.71 Å². The second kappa shape index (κ2) is 9.09. The molecule has 2 N–H and O–H groups in total. The van der Waals surface area contributed by atoms with Crippen LogP contribution in [0, 0.1) is 40.9 Å². The third-order valence-electron chi connectivity index (χ3n) is 9.98. The topological polar surface area (TPSA) is 83.8 Å². The van der Waals surface area contributed by atoms with Crippen LogP contribution >= 0.6 is 0 Å². The average Bonchev–Trinajstić information content (AvgIpc) is 3.14. The van der Waals surface area contributed by atoms with Crippen molar-refractivity contribution in [1.82, 2.24) is 10.3 Å². The molecule has 6 nitrogen and oxygen atoms in total. The highest BCUT2D eigenvalue weighted by Crippen LogP contribution is 2.67. The third kappa shape index (κ3) is 4.08. The summed E-state index contributed by atoms with van der Waals surface area (Å²) in [7, 11) is 0. The lowest BCUT2D eigenvalue weighted by Crippen LogP contribution is -2.54. The lowest BCUT2D eigenvalue weighted by Gasteiger charge is -2.58. The van der Waals surface area contributed by atoms with Crippen LogP contribution in [0.1, 0.15) is 70.8 Å². The molecule has 6 atom stereocenters. The summed E-state index contributed by atoms with van der Waals surface area (Å²) in [5.74, 6) is 4.34. The maximum absolute atomic E-state index is 12.1. The van der Waals surface area contributed by atoms with Crippen molar-refractivity contribution in [3.8, 4) is 12.3 Å². The van der Waals surface area contributed by atoms with Crippen LogP contribution in [0.15, 0.2) is 41.3 Å². The van der Waals surface area contributed by atoms with E-state index in [4.69, 9.17) is 11.3 Å². The molecule has 1 amide bonds. The van der Waals surface area contributed by atoms with Crippen LogP contribution in [0.5, 0.6) is 0 Å². The molecule has 0 bridgehead atoms. The van der Waals surface area contributed by atoms with Gasteiger partial charge in [0, 0.05) is 24.4 Å². The van der Waals surface area contributed by atoms with E-state index in [1.807, 2.05) is 12.1 Å². The number of hydrogen-bond donors (Lipinski definition) is 2. The summed E-state index contributed by atoms with van der Waals surface area (Å²) in [5.41, 5.74) is 2.46. The Bertz CT molecular complexity index is 1080. The molecule has 3 saturated carbocycles. The van der Waals surface area contributed by atoms with Gasteiger partial charge in [-0.3, -0.25) is 9.78 Å². The zero-order valence-electron chi connectivity index (χ0n) is 20.9. The average molecular weight is 476 g/mol. The number of allylic oxidation sites excluding steroid dienone is 2.